The zero-order valence-electron chi connectivity index (χ0n) is 8.54. The first kappa shape index (κ1) is 8.91. The van der Waals surface area contributed by atoms with E-state index in [9.17, 15) is 0 Å². The Kier molecular flexibility index (Phi) is 2.04. The normalized spacial score (nSPS) is 11.5. The van der Waals surface area contributed by atoms with Crippen molar-refractivity contribution in [1.29, 1.82) is 0 Å². The van der Waals surface area contributed by atoms with Crippen molar-refractivity contribution in [2.75, 3.05) is 0 Å². The number of aromatic nitrogens is 3. The van der Waals surface area contributed by atoms with E-state index in [1.807, 2.05) is 48.8 Å². The molecule has 1 N–H and O–H groups in total. The molecule has 0 saturated carbocycles. The van der Waals surface area contributed by atoms with Crippen LogP contribution in [-0.2, 0) is 0 Å². The van der Waals surface area contributed by atoms with Gasteiger partial charge in [0.25, 0.3) is 0 Å². The number of para-hydroxylation sites is 1. The number of nitrogens with one attached hydrogen (secondary N) is 1. The summed E-state index contributed by atoms with van der Waals surface area (Å²) in [6.07, 6.45) is 5.54. The molecule has 0 atom stereocenters. The molecule has 3 rings (SSSR count). The molecule has 3 aromatic rings. The molecule has 2 aromatic heterocycles. The van der Waals surface area contributed by atoms with E-state index in [4.69, 9.17) is 0 Å². The van der Waals surface area contributed by atoms with Gasteiger partial charge in [-0.15, -0.1) is 0 Å². The molecule has 4 nitrogen and oxygen atoms in total. The van der Waals surface area contributed by atoms with Crippen molar-refractivity contribution in [2.45, 2.75) is 0 Å². The summed E-state index contributed by atoms with van der Waals surface area (Å²) in [5.41, 5.74) is 1.88. The fourth-order valence-corrected chi connectivity index (χ4v) is 1.60. The first-order chi connectivity index (χ1) is 7.93. The topological polar surface area (TPSA) is 46.0 Å². The van der Waals surface area contributed by atoms with Crippen molar-refractivity contribution >= 4 is 17.1 Å². The van der Waals surface area contributed by atoms with Crippen LogP contribution in [0.4, 0.5) is 0 Å². The van der Waals surface area contributed by atoms with Gasteiger partial charge in [0, 0.05) is 17.8 Å². The fourth-order valence-electron chi connectivity index (χ4n) is 1.60. The van der Waals surface area contributed by atoms with Gasteiger partial charge in [0.1, 0.15) is 0 Å². The van der Waals surface area contributed by atoms with Crippen molar-refractivity contribution in [3.8, 4) is 0 Å². The van der Waals surface area contributed by atoms with Crippen LogP contribution in [-0.4, -0.2) is 21.1 Å². The quantitative estimate of drug-likeness (QED) is 0.648. The van der Waals surface area contributed by atoms with Crippen LogP contribution in [0.15, 0.2) is 53.9 Å². The third-order valence-corrected chi connectivity index (χ3v) is 2.40. The van der Waals surface area contributed by atoms with E-state index >= 15 is 0 Å². The summed E-state index contributed by atoms with van der Waals surface area (Å²) in [6, 6.07) is 11.8. The second-order valence-electron chi connectivity index (χ2n) is 3.46. The summed E-state index contributed by atoms with van der Waals surface area (Å²) >= 11 is 0. The van der Waals surface area contributed by atoms with Gasteiger partial charge in [-0.25, -0.2) is 4.68 Å². The van der Waals surface area contributed by atoms with Crippen LogP contribution in [0.25, 0.3) is 10.9 Å². The van der Waals surface area contributed by atoms with Crippen LogP contribution in [0.3, 0.4) is 0 Å². The second-order valence-corrected chi connectivity index (χ2v) is 3.46. The van der Waals surface area contributed by atoms with Crippen LogP contribution >= 0.6 is 0 Å². The molecular weight excluding hydrogens is 200 g/mol. The lowest BCUT2D eigenvalue weighted by Gasteiger charge is -1.91. The molecule has 78 valence electrons. The molecule has 16 heavy (non-hydrogen) atoms. The van der Waals surface area contributed by atoms with Crippen LogP contribution in [0.1, 0.15) is 5.69 Å². The molecule has 0 saturated heterocycles. The maximum absolute atomic E-state index is 4.28. The maximum atomic E-state index is 4.28. The number of hydrogen-bond acceptors (Lipinski definition) is 2. The van der Waals surface area contributed by atoms with Gasteiger partial charge < -0.3 is 0 Å². The van der Waals surface area contributed by atoms with Crippen LogP contribution in [0, 0.1) is 0 Å². The summed E-state index contributed by atoms with van der Waals surface area (Å²) in [7, 11) is 0. The van der Waals surface area contributed by atoms with Crippen molar-refractivity contribution in [3.05, 3.63) is 54.5 Å². The SMILES string of the molecule is C(=Nn1cccc1)c1[nH]nc2ccccc12. The molecule has 2 heterocycles. The molecule has 0 spiro atoms. The number of fused-ring (bicyclic) bond motifs is 1. The molecule has 0 aliphatic heterocycles. The Morgan fingerprint density at radius 1 is 1.12 bits per heavy atom. The molecule has 0 amide bonds. The standard InChI is InChI=1S/C12H10N4/c1-2-6-11-10(5-1)12(15-14-11)9-13-16-7-3-4-8-16/h1-9H,(H,14,15). The van der Waals surface area contributed by atoms with E-state index in [1.165, 1.54) is 0 Å². The summed E-state index contributed by atoms with van der Waals surface area (Å²) in [6.45, 7) is 0. The first-order valence-electron chi connectivity index (χ1n) is 5.04. The van der Waals surface area contributed by atoms with Gasteiger partial charge in [-0.2, -0.15) is 10.2 Å². The highest BCUT2D eigenvalue weighted by Gasteiger charge is 2.00. The molecule has 1 aromatic carbocycles. The smallest absolute Gasteiger partial charge is 0.0927 e. The number of nitrogens with zero attached hydrogens (tertiary/aromatic N) is 3. The lowest BCUT2D eigenvalue weighted by Crippen LogP contribution is -1.87. The highest BCUT2D eigenvalue weighted by molar-refractivity contribution is 5.96. The van der Waals surface area contributed by atoms with Crippen molar-refractivity contribution < 1.29 is 0 Å². The minimum atomic E-state index is 0.921. The Hall–Kier alpha value is -2.36. The average molecular weight is 210 g/mol. The van der Waals surface area contributed by atoms with Crippen molar-refractivity contribution in [3.63, 3.8) is 0 Å². The van der Waals surface area contributed by atoms with Gasteiger partial charge in [0.05, 0.1) is 17.4 Å². The van der Waals surface area contributed by atoms with E-state index in [2.05, 4.69) is 15.3 Å². The maximum Gasteiger partial charge on any atom is 0.0927 e. The largest absolute Gasteiger partial charge is 0.276 e. The number of aromatic amines is 1. The monoisotopic (exact) mass is 210 g/mol. The molecule has 0 aliphatic rings. The minimum Gasteiger partial charge on any atom is -0.276 e. The number of hydrogen-bond donors (Lipinski definition) is 1. The number of benzene rings is 1. The number of H-pyrrole nitrogens is 1. The van der Waals surface area contributed by atoms with E-state index in [-0.39, 0.29) is 0 Å². The van der Waals surface area contributed by atoms with E-state index in [1.54, 1.807) is 10.9 Å². The zero-order chi connectivity index (χ0) is 10.8. The molecule has 4 heteroatoms. The predicted octanol–water partition coefficient (Wildman–Crippen LogP) is 2.25. The third-order valence-electron chi connectivity index (χ3n) is 2.40. The number of rotatable bonds is 2. The molecule has 0 aliphatic carbocycles. The van der Waals surface area contributed by atoms with Crippen LogP contribution in [0.5, 0.6) is 0 Å². The van der Waals surface area contributed by atoms with Crippen molar-refractivity contribution in [1.82, 2.24) is 14.9 Å². The van der Waals surface area contributed by atoms with Crippen LogP contribution in [0.2, 0.25) is 0 Å². The van der Waals surface area contributed by atoms with Gasteiger partial charge in [-0.1, -0.05) is 18.2 Å². The van der Waals surface area contributed by atoms with E-state index < -0.39 is 0 Å². The highest BCUT2D eigenvalue weighted by Crippen LogP contribution is 2.13. The molecule has 0 radical (unpaired) electrons. The van der Waals surface area contributed by atoms with E-state index in [0.717, 1.165) is 16.6 Å². The molecule has 0 bridgehead atoms. The summed E-state index contributed by atoms with van der Waals surface area (Å²) in [5.74, 6) is 0. The average Bonchev–Trinajstić information content (AvgIpc) is 2.96. The Morgan fingerprint density at radius 2 is 1.94 bits per heavy atom. The molecular formula is C12H10N4. The van der Waals surface area contributed by atoms with Crippen LogP contribution < -0.4 is 0 Å². The van der Waals surface area contributed by atoms with Gasteiger partial charge in [-0.05, 0) is 18.2 Å². The third kappa shape index (κ3) is 1.50. The summed E-state index contributed by atoms with van der Waals surface area (Å²) in [4.78, 5) is 0. The first-order valence-corrected chi connectivity index (χ1v) is 5.04. The van der Waals surface area contributed by atoms with Gasteiger partial charge in [-0.3, -0.25) is 5.10 Å². The predicted molar refractivity (Wildman–Crippen MR) is 63.5 cm³/mol. The Labute approximate surface area is 92.2 Å². The summed E-state index contributed by atoms with van der Waals surface area (Å²) in [5, 5.41) is 12.5. The van der Waals surface area contributed by atoms with E-state index in [0.29, 0.717) is 0 Å². The molecule has 0 unspecified atom stereocenters. The lowest BCUT2D eigenvalue weighted by atomic mass is 10.2. The Balaban J connectivity index is 2.01. The second kappa shape index (κ2) is 3.66. The van der Waals surface area contributed by atoms with Gasteiger partial charge in [0.15, 0.2) is 0 Å². The lowest BCUT2D eigenvalue weighted by molar-refractivity contribution is 0.893. The Morgan fingerprint density at radius 3 is 2.81 bits per heavy atom. The Bertz CT molecular complexity index is 619. The highest BCUT2D eigenvalue weighted by atomic mass is 15.3. The zero-order valence-corrected chi connectivity index (χ0v) is 8.54. The van der Waals surface area contributed by atoms with Crippen molar-refractivity contribution in [2.24, 2.45) is 5.10 Å². The van der Waals surface area contributed by atoms with Gasteiger partial charge >= 0.3 is 0 Å². The van der Waals surface area contributed by atoms with Gasteiger partial charge in [0.2, 0.25) is 0 Å². The fraction of sp³-hybridized carbons (Fsp3) is 0. The molecule has 0 fully saturated rings. The summed E-state index contributed by atoms with van der Waals surface area (Å²) < 4.78 is 1.75. The minimum absolute atomic E-state index is 0.921.